The minimum Gasteiger partial charge on any atom is -0.481 e. The molecule has 1 fully saturated rings. The molecule has 1 aliphatic rings. The summed E-state index contributed by atoms with van der Waals surface area (Å²) in [5.41, 5.74) is 0. The van der Waals surface area contributed by atoms with Crippen molar-refractivity contribution in [2.24, 2.45) is 5.92 Å². The van der Waals surface area contributed by atoms with Gasteiger partial charge in [0, 0.05) is 42.4 Å². The molecule has 15 heavy (non-hydrogen) atoms. The SMILES string of the molecule is CS(=O)CCNC(=O)N1CC(C(=O)O)C1. The quantitative estimate of drug-likeness (QED) is 0.659. The normalized spacial score (nSPS) is 18.1. The zero-order valence-electron chi connectivity index (χ0n) is 8.43. The second-order valence-corrected chi connectivity index (χ2v) is 5.00. The minimum atomic E-state index is -0.921. The van der Waals surface area contributed by atoms with Gasteiger partial charge in [0.2, 0.25) is 0 Å². The summed E-state index contributed by atoms with van der Waals surface area (Å²) >= 11 is 0. The molecule has 0 aromatic heterocycles. The van der Waals surface area contributed by atoms with Gasteiger partial charge >= 0.3 is 12.0 Å². The van der Waals surface area contributed by atoms with Gasteiger partial charge in [-0.1, -0.05) is 0 Å². The Labute approximate surface area is 90.1 Å². The van der Waals surface area contributed by atoms with Crippen LogP contribution in [0.5, 0.6) is 0 Å². The first-order valence-electron chi connectivity index (χ1n) is 4.56. The number of carbonyl (C=O) groups excluding carboxylic acids is 1. The number of carboxylic acid groups (broad SMARTS) is 1. The van der Waals surface area contributed by atoms with Crippen molar-refractivity contribution < 1.29 is 18.9 Å². The lowest BCUT2D eigenvalue weighted by atomic mass is 10.0. The average molecular weight is 234 g/mol. The van der Waals surface area contributed by atoms with Crippen molar-refractivity contribution in [1.29, 1.82) is 0 Å². The van der Waals surface area contributed by atoms with Crippen LogP contribution in [0.3, 0.4) is 0 Å². The Bertz CT molecular complexity index is 288. The number of carboxylic acids is 1. The van der Waals surface area contributed by atoms with Crippen LogP contribution in [0.4, 0.5) is 4.79 Å². The Morgan fingerprint density at radius 3 is 2.60 bits per heavy atom. The fraction of sp³-hybridized carbons (Fsp3) is 0.750. The van der Waals surface area contributed by atoms with Gasteiger partial charge < -0.3 is 15.3 Å². The molecule has 0 spiro atoms. The lowest BCUT2D eigenvalue weighted by molar-refractivity contribution is -0.146. The highest BCUT2D eigenvalue weighted by atomic mass is 32.2. The van der Waals surface area contributed by atoms with Gasteiger partial charge in [-0.2, -0.15) is 0 Å². The number of aliphatic carboxylic acids is 1. The molecule has 7 heteroatoms. The molecule has 2 amide bonds. The number of rotatable bonds is 4. The fourth-order valence-electron chi connectivity index (χ4n) is 1.21. The third kappa shape index (κ3) is 3.50. The van der Waals surface area contributed by atoms with Gasteiger partial charge in [0.1, 0.15) is 0 Å². The van der Waals surface area contributed by atoms with E-state index in [4.69, 9.17) is 5.11 Å². The van der Waals surface area contributed by atoms with E-state index in [0.717, 1.165) is 0 Å². The number of nitrogens with one attached hydrogen (secondary N) is 1. The topological polar surface area (TPSA) is 86.7 Å². The van der Waals surface area contributed by atoms with E-state index in [9.17, 15) is 13.8 Å². The van der Waals surface area contributed by atoms with E-state index in [1.807, 2.05) is 0 Å². The third-order valence-corrected chi connectivity index (χ3v) is 2.96. The summed E-state index contributed by atoms with van der Waals surface area (Å²) in [6.07, 6.45) is 1.57. The van der Waals surface area contributed by atoms with Crippen molar-refractivity contribution in [1.82, 2.24) is 10.2 Å². The number of urea groups is 1. The van der Waals surface area contributed by atoms with Gasteiger partial charge in [-0.15, -0.1) is 0 Å². The predicted molar refractivity (Wildman–Crippen MR) is 55.0 cm³/mol. The van der Waals surface area contributed by atoms with Crippen LogP contribution in [0, 0.1) is 5.92 Å². The molecular weight excluding hydrogens is 220 g/mol. The van der Waals surface area contributed by atoms with E-state index in [0.29, 0.717) is 12.3 Å². The molecule has 2 N–H and O–H groups in total. The molecule has 0 aliphatic carbocycles. The molecule has 1 atom stereocenters. The molecule has 1 rings (SSSR count). The summed E-state index contributed by atoms with van der Waals surface area (Å²) in [6, 6.07) is -0.280. The Morgan fingerprint density at radius 2 is 2.13 bits per heavy atom. The summed E-state index contributed by atoms with van der Waals surface area (Å²) in [5.74, 6) is -0.883. The molecule has 0 radical (unpaired) electrons. The van der Waals surface area contributed by atoms with Crippen molar-refractivity contribution in [3.05, 3.63) is 0 Å². The zero-order chi connectivity index (χ0) is 11.4. The van der Waals surface area contributed by atoms with Crippen LogP contribution >= 0.6 is 0 Å². The van der Waals surface area contributed by atoms with Crippen LogP contribution in [-0.2, 0) is 15.6 Å². The fourth-order valence-corrected chi connectivity index (χ4v) is 1.60. The highest BCUT2D eigenvalue weighted by Crippen LogP contribution is 2.14. The smallest absolute Gasteiger partial charge is 0.317 e. The number of likely N-dealkylation sites (tertiary alicyclic amines) is 1. The third-order valence-electron chi connectivity index (χ3n) is 2.18. The monoisotopic (exact) mass is 234 g/mol. The van der Waals surface area contributed by atoms with Crippen molar-refractivity contribution in [3.8, 4) is 0 Å². The number of hydrogen-bond acceptors (Lipinski definition) is 3. The van der Waals surface area contributed by atoms with Gasteiger partial charge in [0.15, 0.2) is 0 Å². The Balaban J connectivity index is 2.15. The Morgan fingerprint density at radius 1 is 1.53 bits per heavy atom. The molecule has 1 heterocycles. The van der Waals surface area contributed by atoms with E-state index in [1.54, 1.807) is 6.26 Å². The lowest BCUT2D eigenvalue weighted by Crippen LogP contribution is -2.56. The van der Waals surface area contributed by atoms with Gasteiger partial charge in [0.05, 0.1) is 5.92 Å². The molecule has 0 saturated carbocycles. The van der Waals surface area contributed by atoms with Gasteiger partial charge in [-0.3, -0.25) is 9.00 Å². The molecule has 1 unspecified atom stereocenters. The molecule has 0 bridgehead atoms. The van der Waals surface area contributed by atoms with E-state index < -0.39 is 22.7 Å². The van der Waals surface area contributed by atoms with E-state index in [1.165, 1.54) is 4.90 Å². The van der Waals surface area contributed by atoms with Crippen LogP contribution in [-0.4, -0.2) is 57.9 Å². The highest BCUT2D eigenvalue weighted by Gasteiger charge is 2.35. The number of carbonyl (C=O) groups is 2. The summed E-state index contributed by atoms with van der Waals surface area (Å²) < 4.78 is 10.7. The van der Waals surface area contributed by atoms with Crippen LogP contribution < -0.4 is 5.32 Å². The maximum absolute atomic E-state index is 11.3. The minimum absolute atomic E-state index is 0.260. The summed E-state index contributed by atoms with van der Waals surface area (Å²) in [7, 11) is -0.921. The first-order valence-corrected chi connectivity index (χ1v) is 6.29. The molecule has 6 nitrogen and oxygen atoms in total. The Hall–Kier alpha value is -1.11. The van der Waals surface area contributed by atoms with Crippen LogP contribution in [0.25, 0.3) is 0 Å². The summed E-state index contributed by atoms with van der Waals surface area (Å²) in [6.45, 7) is 0.878. The largest absolute Gasteiger partial charge is 0.481 e. The summed E-state index contributed by atoms with van der Waals surface area (Å²) in [4.78, 5) is 23.2. The number of amides is 2. The van der Waals surface area contributed by atoms with Crippen LogP contribution in [0.15, 0.2) is 0 Å². The van der Waals surface area contributed by atoms with Crippen molar-refractivity contribution in [2.75, 3.05) is 31.6 Å². The maximum atomic E-state index is 11.3. The molecule has 86 valence electrons. The first-order chi connectivity index (χ1) is 7.00. The van der Waals surface area contributed by atoms with Gasteiger partial charge in [-0.25, -0.2) is 4.79 Å². The molecule has 0 aromatic carbocycles. The van der Waals surface area contributed by atoms with Crippen LogP contribution in [0.2, 0.25) is 0 Å². The molecule has 1 aliphatic heterocycles. The van der Waals surface area contributed by atoms with Crippen molar-refractivity contribution in [3.63, 3.8) is 0 Å². The second kappa shape index (κ2) is 5.11. The van der Waals surface area contributed by atoms with Gasteiger partial charge in [0.25, 0.3) is 0 Å². The second-order valence-electron chi connectivity index (χ2n) is 3.45. The van der Waals surface area contributed by atoms with Crippen molar-refractivity contribution in [2.45, 2.75) is 0 Å². The standard InChI is InChI=1S/C8H14N2O4S/c1-15(14)3-2-9-8(13)10-4-6(5-10)7(11)12/h6H,2-5H2,1H3,(H,9,13)(H,11,12). The molecular formula is C8H14N2O4S. The summed E-state index contributed by atoms with van der Waals surface area (Å²) in [5, 5.41) is 11.2. The molecule has 0 aromatic rings. The van der Waals surface area contributed by atoms with Gasteiger partial charge in [-0.05, 0) is 0 Å². The van der Waals surface area contributed by atoms with E-state index in [2.05, 4.69) is 5.32 Å². The first kappa shape index (κ1) is 12.0. The highest BCUT2D eigenvalue weighted by molar-refractivity contribution is 7.84. The number of nitrogens with zero attached hydrogens (tertiary/aromatic N) is 1. The van der Waals surface area contributed by atoms with E-state index in [-0.39, 0.29) is 19.1 Å². The molecule has 1 saturated heterocycles. The zero-order valence-corrected chi connectivity index (χ0v) is 9.25. The van der Waals surface area contributed by atoms with Crippen LogP contribution in [0.1, 0.15) is 0 Å². The average Bonchev–Trinajstić information content (AvgIpc) is 1.99. The van der Waals surface area contributed by atoms with E-state index >= 15 is 0 Å². The Kier molecular flexibility index (Phi) is 4.07. The lowest BCUT2D eigenvalue weighted by Gasteiger charge is -2.36. The predicted octanol–water partition coefficient (Wildman–Crippen LogP) is -0.909. The van der Waals surface area contributed by atoms with Crippen molar-refractivity contribution >= 4 is 22.8 Å². The number of hydrogen-bond donors (Lipinski definition) is 2. The maximum Gasteiger partial charge on any atom is 0.317 e.